The van der Waals surface area contributed by atoms with Gasteiger partial charge in [0.15, 0.2) is 5.82 Å². The highest BCUT2D eigenvalue weighted by atomic mass is 35.5. The summed E-state index contributed by atoms with van der Waals surface area (Å²) >= 11 is 6.76. The molecule has 0 aliphatic carbocycles. The van der Waals surface area contributed by atoms with Gasteiger partial charge in [-0.25, -0.2) is 0 Å². The number of rotatable bonds is 10. The average Bonchev–Trinajstić information content (AvgIpc) is 3.39. The smallest absolute Gasteiger partial charge is 0.222 e. The average molecular weight is 554 g/mol. The van der Waals surface area contributed by atoms with Crippen molar-refractivity contribution >= 4 is 23.3 Å². The Kier molecular flexibility index (Phi) is 8.32. The van der Waals surface area contributed by atoms with E-state index >= 15 is 0 Å². The standard InChI is InChI=1S/C32H28ClN3O4/c1-21(37)34-32-30(24-13-15-25(38-2)16-14-24)31(35-36-32)26-17-27(33)29(40-20-23-11-7-4-8-12-23)18-28(26)39-19-22-9-5-3-6-10-22/h3-18H,19-20H2,1-2H3,(H2,34,35,36,37). The number of nitrogens with zero attached hydrogens (tertiary/aromatic N) is 1. The van der Waals surface area contributed by atoms with Crippen molar-refractivity contribution in [3.8, 4) is 39.6 Å². The van der Waals surface area contributed by atoms with Crippen LogP contribution in [-0.2, 0) is 18.0 Å². The third kappa shape index (κ3) is 6.27. The lowest BCUT2D eigenvalue weighted by Crippen LogP contribution is -2.07. The maximum Gasteiger partial charge on any atom is 0.222 e. The number of benzene rings is 4. The molecule has 4 aromatic carbocycles. The number of hydrogen-bond acceptors (Lipinski definition) is 5. The van der Waals surface area contributed by atoms with Crippen molar-refractivity contribution in [2.45, 2.75) is 20.1 Å². The van der Waals surface area contributed by atoms with Gasteiger partial charge in [0.2, 0.25) is 5.91 Å². The molecule has 0 aliphatic rings. The highest BCUT2D eigenvalue weighted by Crippen LogP contribution is 2.44. The molecule has 8 heteroatoms. The Labute approximate surface area is 237 Å². The van der Waals surface area contributed by atoms with E-state index < -0.39 is 0 Å². The summed E-state index contributed by atoms with van der Waals surface area (Å²) < 4.78 is 17.8. The number of anilines is 1. The SMILES string of the molecule is COc1ccc(-c2c(NC(C)=O)n[nH]c2-c2cc(Cl)c(OCc3ccccc3)cc2OCc2ccccc2)cc1. The van der Waals surface area contributed by atoms with Crippen molar-refractivity contribution in [1.29, 1.82) is 0 Å². The van der Waals surface area contributed by atoms with Gasteiger partial charge in [-0.05, 0) is 34.9 Å². The van der Waals surface area contributed by atoms with E-state index in [1.165, 1.54) is 6.92 Å². The second kappa shape index (κ2) is 12.4. The van der Waals surface area contributed by atoms with E-state index in [0.717, 1.165) is 16.7 Å². The summed E-state index contributed by atoms with van der Waals surface area (Å²) in [4.78, 5) is 12.0. The predicted molar refractivity (Wildman–Crippen MR) is 157 cm³/mol. The van der Waals surface area contributed by atoms with Crippen LogP contribution >= 0.6 is 11.6 Å². The van der Waals surface area contributed by atoms with Crippen LogP contribution < -0.4 is 19.5 Å². The molecule has 0 fully saturated rings. The van der Waals surface area contributed by atoms with Gasteiger partial charge in [-0.15, -0.1) is 0 Å². The van der Waals surface area contributed by atoms with E-state index in [0.29, 0.717) is 58.1 Å². The minimum Gasteiger partial charge on any atom is -0.497 e. The van der Waals surface area contributed by atoms with E-state index in [1.54, 1.807) is 19.2 Å². The van der Waals surface area contributed by atoms with Crippen molar-refractivity contribution in [2.75, 3.05) is 12.4 Å². The molecule has 7 nitrogen and oxygen atoms in total. The Bertz CT molecular complexity index is 1590. The van der Waals surface area contributed by atoms with Gasteiger partial charge in [0.25, 0.3) is 0 Å². The van der Waals surface area contributed by atoms with Crippen LogP contribution in [0.15, 0.2) is 97.1 Å². The Balaban J connectivity index is 1.58. The molecule has 2 N–H and O–H groups in total. The summed E-state index contributed by atoms with van der Waals surface area (Å²) in [7, 11) is 1.61. The lowest BCUT2D eigenvalue weighted by molar-refractivity contribution is -0.114. The molecule has 0 atom stereocenters. The van der Waals surface area contributed by atoms with Crippen LogP contribution in [0, 0.1) is 0 Å². The van der Waals surface area contributed by atoms with Gasteiger partial charge in [0.05, 0.1) is 23.4 Å². The molecule has 0 unspecified atom stereocenters. The Morgan fingerprint density at radius 3 is 2.02 bits per heavy atom. The normalized spacial score (nSPS) is 10.7. The number of methoxy groups -OCH3 is 1. The number of aromatic amines is 1. The van der Waals surface area contributed by atoms with Crippen molar-refractivity contribution in [3.63, 3.8) is 0 Å². The topological polar surface area (TPSA) is 85.5 Å². The monoisotopic (exact) mass is 553 g/mol. The van der Waals surface area contributed by atoms with Crippen LogP contribution in [0.3, 0.4) is 0 Å². The van der Waals surface area contributed by atoms with E-state index in [1.807, 2.05) is 84.9 Å². The number of H-pyrrole nitrogens is 1. The van der Waals surface area contributed by atoms with Gasteiger partial charge < -0.3 is 19.5 Å². The lowest BCUT2D eigenvalue weighted by Gasteiger charge is -2.16. The van der Waals surface area contributed by atoms with Crippen molar-refractivity contribution in [2.24, 2.45) is 0 Å². The molecule has 0 bridgehead atoms. The molecule has 0 spiro atoms. The van der Waals surface area contributed by atoms with Crippen LogP contribution in [0.25, 0.3) is 22.4 Å². The van der Waals surface area contributed by atoms with Crippen molar-refractivity contribution in [3.05, 3.63) is 113 Å². The van der Waals surface area contributed by atoms with Gasteiger partial charge in [0, 0.05) is 18.6 Å². The third-order valence-corrected chi connectivity index (χ3v) is 6.51. The molecule has 0 radical (unpaired) electrons. The number of amides is 1. The van der Waals surface area contributed by atoms with E-state index in [2.05, 4.69) is 15.5 Å². The maximum absolute atomic E-state index is 12.0. The van der Waals surface area contributed by atoms with E-state index in [9.17, 15) is 4.79 Å². The molecule has 202 valence electrons. The number of aromatic nitrogens is 2. The summed E-state index contributed by atoms with van der Waals surface area (Å²) in [6.45, 7) is 2.13. The fourth-order valence-corrected chi connectivity index (χ4v) is 4.48. The maximum atomic E-state index is 12.0. The molecule has 5 rings (SSSR count). The first kappa shape index (κ1) is 26.8. The van der Waals surface area contributed by atoms with Gasteiger partial charge in [-0.3, -0.25) is 9.89 Å². The highest BCUT2D eigenvalue weighted by Gasteiger charge is 2.23. The minimum absolute atomic E-state index is 0.240. The van der Waals surface area contributed by atoms with Crippen LogP contribution in [0.2, 0.25) is 5.02 Å². The number of carbonyl (C=O) groups excluding carboxylic acids is 1. The summed E-state index contributed by atoms with van der Waals surface area (Å²) in [6, 6.07) is 30.8. The quantitative estimate of drug-likeness (QED) is 0.187. The van der Waals surface area contributed by atoms with Gasteiger partial charge >= 0.3 is 0 Å². The highest BCUT2D eigenvalue weighted by molar-refractivity contribution is 6.32. The zero-order valence-corrected chi connectivity index (χ0v) is 22.9. The largest absolute Gasteiger partial charge is 0.497 e. The first-order valence-electron chi connectivity index (χ1n) is 12.7. The first-order chi connectivity index (χ1) is 19.5. The van der Waals surface area contributed by atoms with Crippen molar-refractivity contribution < 1.29 is 19.0 Å². The Morgan fingerprint density at radius 2 is 1.45 bits per heavy atom. The van der Waals surface area contributed by atoms with Crippen LogP contribution in [-0.4, -0.2) is 23.2 Å². The molecule has 0 aliphatic heterocycles. The van der Waals surface area contributed by atoms with Crippen molar-refractivity contribution in [1.82, 2.24) is 10.2 Å². The molecule has 40 heavy (non-hydrogen) atoms. The second-order valence-electron chi connectivity index (χ2n) is 9.06. The fourth-order valence-electron chi connectivity index (χ4n) is 4.26. The van der Waals surface area contributed by atoms with Gasteiger partial charge in [-0.1, -0.05) is 84.4 Å². The second-order valence-corrected chi connectivity index (χ2v) is 9.47. The lowest BCUT2D eigenvalue weighted by atomic mass is 9.99. The number of nitrogens with one attached hydrogen (secondary N) is 2. The summed E-state index contributed by atoms with van der Waals surface area (Å²) in [5.74, 6) is 1.90. The van der Waals surface area contributed by atoms with Crippen LogP contribution in [0.1, 0.15) is 18.1 Å². The Hall–Kier alpha value is -4.75. The molecular formula is C32H28ClN3O4. The number of carbonyl (C=O) groups is 1. The molecule has 1 amide bonds. The minimum atomic E-state index is -0.240. The van der Waals surface area contributed by atoms with Gasteiger partial charge in [-0.2, -0.15) is 5.10 Å². The zero-order valence-electron chi connectivity index (χ0n) is 22.1. The first-order valence-corrected chi connectivity index (χ1v) is 13.1. The predicted octanol–water partition coefficient (Wildman–Crippen LogP) is 7.52. The third-order valence-electron chi connectivity index (χ3n) is 6.22. The number of halogens is 1. The number of ether oxygens (including phenoxy) is 3. The molecule has 1 heterocycles. The molecule has 1 aromatic heterocycles. The fraction of sp³-hybridized carbons (Fsp3) is 0.125. The van der Waals surface area contributed by atoms with E-state index in [-0.39, 0.29) is 5.91 Å². The summed E-state index contributed by atoms with van der Waals surface area (Å²) in [5.41, 5.74) is 4.84. The van der Waals surface area contributed by atoms with E-state index in [4.69, 9.17) is 25.8 Å². The molecule has 0 saturated heterocycles. The molecule has 5 aromatic rings. The molecular weight excluding hydrogens is 526 g/mol. The van der Waals surface area contributed by atoms with Gasteiger partial charge in [0.1, 0.15) is 30.5 Å². The zero-order chi connectivity index (χ0) is 27.9. The number of hydrogen-bond donors (Lipinski definition) is 2. The van der Waals surface area contributed by atoms with Crippen LogP contribution in [0.4, 0.5) is 5.82 Å². The summed E-state index contributed by atoms with van der Waals surface area (Å²) in [5, 5.41) is 10.7. The Morgan fingerprint density at radius 1 is 0.850 bits per heavy atom. The summed E-state index contributed by atoms with van der Waals surface area (Å²) in [6.07, 6.45) is 0. The van der Waals surface area contributed by atoms with Crippen LogP contribution in [0.5, 0.6) is 17.2 Å². The molecule has 0 saturated carbocycles.